The van der Waals surface area contributed by atoms with Gasteiger partial charge < -0.3 is 40.3 Å². The van der Waals surface area contributed by atoms with E-state index in [1.165, 1.54) is 186 Å². The molecule has 0 radical (unpaired) electrons. The van der Waals surface area contributed by atoms with Crippen LogP contribution in [0.1, 0.15) is 245 Å². The first kappa shape index (κ1) is 55.9. The van der Waals surface area contributed by atoms with Crippen molar-refractivity contribution in [2.24, 2.45) is 0 Å². The van der Waals surface area contributed by atoms with E-state index in [9.17, 15) is 30.3 Å². The smallest absolute Gasteiger partial charge is 0.220 e. The summed E-state index contributed by atoms with van der Waals surface area (Å²) in [6, 6.07) is -0.799. The first-order chi connectivity index (χ1) is 28.8. The maximum Gasteiger partial charge on any atom is 0.220 e. The van der Waals surface area contributed by atoms with Crippen LogP contribution in [0.5, 0.6) is 0 Å². The first-order valence-corrected chi connectivity index (χ1v) is 25.4. The number of aliphatic hydroxyl groups is 5. The Morgan fingerprint density at radius 3 is 1.32 bits per heavy atom. The van der Waals surface area contributed by atoms with Crippen LogP contribution in [0.3, 0.4) is 0 Å². The Balaban J connectivity index is 2.29. The van der Waals surface area contributed by atoms with E-state index < -0.39 is 49.5 Å². The summed E-state index contributed by atoms with van der Waals surface area (Å²) in [4.78, 5) is 13.0. The SMILES string of the molecule is CCCCCCCCCCCCCCCCCCCCC/C=C/C(O)C(COC1OC(CO)C(O)C(O)C1O)NC(=O)CCCCCCCCCCCCCCCCC. The number of ether oxygens (including phenoxy) is 2. The van der Waals surface area contributed by atoms with Crippen LogP contribution in [0, 0.1) is 0 Å². The summed E-state index contributed by atoms with van der Waals surface area (Å²) in [5.41, 5.74) is 0. The molecule has 1 fully saturated rings. The fourth-order valence-corrected chi connectivity index (χ4v) is 8.28. The van der Waals surface area contributed by atoms with Crippen LogP contribution in [0.15, 0.2) is 12.2 Å². The molecule has 1 heterocycles. The lowest BCUT2D eigenvalue weighted by molar-refractivity contribution is -0.302. The Bertz CT molecular complexity index is 935. The van der Waals surface area contributed by atoms with Crippen molar-refractivity contribution >= 4 is 5.91 Å². The summed E-state index contributed by atoms with van der Waals surface area (Å²) < 4.78 is 11.2. The lowest BCUT2D eigenvalue weighted by atomic mass is 9.99. The number of hydrogen-bond donors (Lipinski definition) is 6. The quantitative estimate of drug-likeness (QED) is 0.0263. The summed E-state index contributed by atoms with van der Waals surface area (Å²) in [6.45, 7) is 3.80. The first-order valence-electron chi connectivity index (χ1n) is 25.4. The van der Waals surface area contributed by atoms with Crippen LogP contribution in [-0.4, -0.2) is 87.5 Å². The average molecular weight is 840 g/mol. The number of rotatable bonds is 43. The lowest BCUT2D eigenvalue weighted by Crippen LogP contribution is -2.60. The summed E-state index contributed by atoms with van der Waals surface area (Å²) >= 11 is 0. The van der Waals surface area contributed by atoms with Gasteiger partial charge in [-0.25, -0.2) is 0 Å². The second kappa shape index (κ2) is 41.0. The molecule has 0 aromatic carbocycles. The molecular weight excluding hydrogens is 743 g/mol. The van der Waals surface area contributed by atoms with E-state index in [4.69, 9.17) is 9.47 Å². The molecular formula is C50H97NO8. The topological polar surface area (TPSA) is 149 Å². The van der Waals surface area contributed by atoms with Crippen molar-refractivity contribution in [3.63, 3.8) is 0 Å². The Hall–Kier alpha value is -1.07. The minimum atomic E-state index is -1.56. The van der Waals surface area contributed by atoms with Crippen LogP contribution < -0.4 is 5.32 Å². The van der Waals surface area contributed by atoms with Crippen molar-refractivity contribution in [3.05, 3.63) is 12.2 Å². The van der Waals surface area contributed by atoms with Gasteiger partial charge in [0.15, 0.2) is 6.29 Å². The minimum Gasteiger partial charge on any atom is -0.394 e. The molecule has 6 N–H and O–H groups in total. The number of carbonyl (C=O) groups is 1. The van der Waals surface area contributed by atoms with Gasteiger partial charge in [-0.2, -0.15) is 0 Å². The van der Waals surface area contributed by atoms with Crippen molar-refractivity contribution in [1.29, 1.82) is 0 Å². The van der Waals surface area contributed by atoms with E-state index in [1.54, 1.807) is 6.08 Å². The zero-order valence-corrected chi connectivity index (χ0v) is 38.5. The van der Waals surface area contributed by atoms with Gasteiger partial charge in [0.05, 0.1) is 25.4 Å². The van der Waals surface area contributed by atoms with E-state index in [0.29, 0.717) is 6.42 Å². The van der Waals surface area contributed by atoms with E-state index in [0.717, 1.165) is 38.5 Å². The monoisotopic (exact) mass is 840 g/mol. The number of aliphatic hydroxyl groups excluding tert-OH is 5. The van der Waals surface area contributed by atoms with E-state index in [1.807, 2.05) is 6.08 Å². The molecule has 1 rings (SSSR count). The second-order valence-corrected chi connectivity index (χ2v) is 18.0. The van der Waals surface area contributed by atoms with Crippen LogP contribution >= 0.6 is 0 Å². The summed E-state index contributed by atoms with van der Waals surface area (Å²) in [7, 11) is 0. The maximum absolute atomic E-state index is 13.0. The van der Waals surface area contributed by atoms with Crippen LogP contribution in [-0.2, 0) is 14.3 Å². The number of allylic oxidation sites excluding steroid dienone is 1. The highest BCUT2D eigenvalue weighted by atomic mass is 16.7. The van der Waals surface area contributed by atoms with Gasteiger partial charge in [0.1, 0.15) is 24.4 Å². The summed E-state index contributed by atoms with van der Waals surface area (Å²) in [5.74, 6) is -0.173. The molecule has 0 aromatic heterocycles. The third kappa shape index (κ3) is 31.4. The highest BCUT2D eigenvalue weighted by Gasteiger charge is 2.44. The molecule has 0 aliphatic carbocycles. The van der Waals surface area contributed by atoms with Crippen molar-refractivity contribution in [2.75, 3.05) is 13.2 Å². The molecule has 59 heavy (non-hydrogen) atoms. The van der Waals surface area contributed by atoms with Crippen LogP contribution in [0.2, 0.25) is 0 Å². The fraction of sp³-hybridized carbons (Fsp3) is 0.940. The molecule has 0 saturated carbocycles. The predicted molar refractivity (Wildman–Crippen MR) is 244 cm³/mol. The predicted octanol–water partition coefficient (Wildman–Crippen LogP) is 11.3. The fourth-order valence-electron chi connectivity index (χ4n) is 8.28. The van der Waals surface area contributed by atoms with Crippen LogP contribution in [0.25, 0.3) is 0 Å². The number of carbonyl (C=O) groups excluding carboxylic acids is 1. The second-order valence-electron chi connectivity index (χ2n) is 18.0. The van der Waals surface area contributed by atoms with Crippen molar-refractivity contribution in [1.82, 2.24) is 5.32 Å². The largest absolute Gasteiger partial charge is 0.394 e. The maximum atomic E-state index is 13.0. The van der Waals surface area contributed by atoms with E-state index in [-0.39, 0.29) is 12.5 Å². The zero-order valence-electron chi connectivity index (χ0n) is 38.5. The standard InChI is InChI=1S/C50H97NO8/c1-3-5-7-9-11-13-15-17-19-20-21-22-23-24-26-27-29-31-33-35-37-39-44(53)43(42-58-50-49(57)48(56)47(55)45(41-52)59-50)51-46(54)40-38-36-34-32-30-28-25-18-16-14-12-10-8-6-4-2/h37,39,43-45,47-50,52-53,55-57H,3-36,38,40-42H2,1-2H3,(H,51,54)/b39-37+. The molecule has 350 valence electrons. The molecule has 1 saturated heterocycles. The van der Waals surface area contributed by atoms with Crippen molar-refractivity contribution in [2.45, 2.75) is 288 Å². The molecule has 0 bridgehead atoms. The molecule has 7 unspecified atom stereocenters. The number of hydrogen-bond acceptors (Lipinski definition) is 8. The van der Waals surface area contributed by atoms with Gasteiger partial charge in [-0.15, -0.1) is 0 Å². The molecule has 1 aliphatic rings. The molecule has 1 amide bonds. The van der Waals surface area contributed by atoms with Crippen molar-refractivity contribution in [3.8, 4) is 0 Å². The Morgan fingerprint density at radius 1 is 0.559 bits per heavy atom. The Labute approximate surface area is 363 Å². The van der Waals surface area contributed by atoms with E-state index >= 15 is 0 Å². The number of amides is 1. The molecule has 7 atom stereocenters. The highest BCUT2D eigenvalue weighted by molar-refractivity contribution is 5.76. The molecule has 0 aromatic rings. The van der Waals surface area contributed by atoms with Gasteiger partial charge >= 0.3 is 0 Å². The van der Waals surface area contributed by atoms with Gasteiger partial charge in [0.2, 0.25) is 5.91 Å². The third-order valence-corrected chi connectivity index (χ3v) is 12.4. The highest BCUT2D eigenvalue weighted by Crippen LogP contribution is 2.23. The zero-order chi connectivity index (χ0) is 43.0. The van der Waals surface area contributed by atoms with Gasteiger partial charge in [-0.3, -0.25) is 4.79 Å². The molecule has 0 spiro atoms. The molecule has 9 nitrogen and oxygen atoms in total. The number of unbranched alkanes of at least 4 members (excludes halogenated alkanes) is 33. The Kier molecular flexibility index (Phi) is 38.9. The molecule has 9 heteroatoms. The van der Waals surface area contributed by atoms with Crippen molar-refractivity contribution < 1.29 is 39.8 Å². The summed E-state index contributed by atoms with van der Waals surface area (Å²) in [5, 5.41) is 54.3. The Morgan fingerprint density at radius 2 is 0.932 bits per heavy atom. The lowest BCUT2D eigenvalue weighted by Gasteiger charge is -2.40. The minimum absolute atomic E-state index is 0.173. The van der Waals surface area contributed by atoms with Gasteiger partial charge in [0.25, 0.3) is 0 Å². The van der Waals surface area contributed by atoms with E-state index in [2.05, 4.69) is 19.2 Å². The van der Waals surface area contributed by atoms with Gasteiger partial charge in [-0.05, 0) is 19.3 Å². The van der Waals surface area contributed by atoms with Gasteiger partial charge in [0, 0.05) is 6.42 Å². The van der Waals surface area contributed by atoms with Crippen LogP contribution in [0.4, 0.5) is 0 Å². The number of nitrogens with one attached hydrogen (secondary N) is 1. The average Bonchev–Trinajstić information content (AvgIpc) is 3.23. The molecule has 1 aliphatic heterocycles. The third-order valence-electron chi connectivity index (χ3n) is 12.4. The van der Waals surface area contributed by atoms with Gasteiger partial charge in [-0.1, -0.05) is 231 Å². The summed E-state index contributed by atoms with van der Waals surface area (Å²) in [6.07, 6.45) is 41.1. The normalized spacial score (nSPS) is 20.7.